The lowest BCUT2D eigenvalue weighted by Crippen LogP contribution is -1.65. The number of rotatable bonds is 2. The summed E-state index contributed by atoms with van der Waals surface area (Å²) in [5.41, 5.74) is 0. The van der Waals surface area contributed by atoms with Crippen LogP contribution in [0.5, 0.6) is 0 Å². The van der Waals surface area contributed by atoms with Gasteiger partial charge < -0.3 is 19.6 Å². The van der Waals surface area contributed by atoms with E-state index in [1.54, 1.807) is 0 Å². The predicted octanol–water partition coefficient (Wildman–Crippen LogP) is 0.224. The third-order valence-corrected chi connectivity index (χ3v) is 0.977. The zero-order valence-electron chi connectivity index (χ0n) is 5.99. The van der Waals surface area contributed by atoms with Crippen molar-refractivity contribution in [1.82, 2.24) is 0 Å². The topological polar surface area (TPSA) is 115 Å². The van der Waals surface area contributed by atoms with E-state index in [9.17, 15) is 4.57 Å². The first kappa shape index (κ1) is 14.3. The van der Waals surface area contributed by atoms with Crippen LogP contribution in [0, 0.1) is 0 Å². The van der Waals surface area contributed by atoms with E-state index in [4.69, 9.17) is 24.1 Å². The van der Waals surface area contributed by atoms with E-state index < -0.39 is 15.9 Å². The first-order chi connectivity index (χ1) is 5.29. The molecule has 0 heterocycles. The smallest absolute Gasteiger partial charge is 0.326 e. The van der Waals surface area contributed by atoms with Gasteiger partial charge in [0.1, 0.15) is 0 Å². The third-order valence-electron chi connectivity index (χ3n) is 0.416. The van der Waals surface area contributed by atoms with E-state index >= 15 is 0 Å². The molecule has 12 heavy (non-hydrogen) atoms. The van der Waals surface area contributed by atoms with Crippen LogP contribution < -0.4 is 0 Å². The van der Waals surface area contributed by atoms with Crippen LogP contribution in [0.15, 0.2) is 24.5 Å². The standard InChI is InChI=1S/C4H7O3P.H3O3P/c1-2-3-4-8(5,6)7;1-4(2)3/h2-4H,1H2,(H2,5,6,7);4H,(H2,1,2,3). The van der Waals surface area contributed by atoms with E-state index in [2.05, 4.69) is 6.58 Å². The maximum atomic E-state index is 9.95. The molecule has 6 nitrogen and oxygen atoms in total. The highest BCUT2D eigenvalue weighted by Crippen LogP contribution is 2.35. The summed E-state index contributed by atoms with van der Waals surface area (Å²) < 4.78 is 18.7. The van der Waals surface area contributed by atoms with Crippen LogP contribution in [0.1, 0.15) is 0 Å². The Morgan fingerprint density at radius 2 is 1.67 bits per heavy atom. The van der Waals surface area contributed by atoms with E-state index in [1.165, 1.54) is 12.2 Å². The molecule has 0 saturated heterocycles. The monoisotopic (exact) mass is 216 g/mol. The molecule has 0 aromatic heterocycles. The third kappa shape index (κ3) is 33.0. The molecule has 4 N–H and O–H groups in total. The fraction of sp³-hybridized carbons (Fsp3) is 0. The molecule has 0 bridgehead atoms. The minimum atomic E-state index is -3.93. The number of hydrogen-bond acceptors (Lipinski definition) is 2. The molecular weight excluding hydrogens is 206 g/mol. The SMILES string of the molecule is C=CC=CP(=O)(O)O.O=[PH](O)O. The van der Waals surface area contributed by atoms with Gasteiger partial charge in [0.05, 0.1) is 0 Å². The summed E-state index contributed by atoms with van der Waals surface area (Å²) >= 11 is 0. The molecule has 0 aromatic rings. The average Bonchev–Trinajstić information content (AvgIpc) is 1.80. The molecule has 0 aliphatic carbocycles. The van der Waals surface area contributed by atoms with Crippen molar-refractivity contribution in [3.63, 3.8) is 0 Å². The zero-order valence-corrected chi connectivity index (χ0v) is 7.89. The normalized spacial score (nSPS) is 11.1. The fourth-order valence-corrected chi connectivity index (χ4v) is 0.519. The molecule has 8 heteroatoms. The van der Waals surface area contributed by atoms with Crippen LogP contribution in [-0.4, -0.2) is 19.6 Å². The van der Waals surface area contributed by atoms with Crippen molar-refractivity contribution in [2.24, 2.45) is 0 Å². The van der Waals surface area contributed by atoms with Crippen LogP contribution in [0.2, 0.25) is 0 Å². The van der Waals surface area contributed by atoms with Gasteiger partial charge in [0.15, 0.2) is 0 Å². The van der Waals surface area contributed by atoms with E-state index in [0.717, 1.165) is 5.82 Å². The molecule has 0 aliphatic rings. The van der Waals surface area contributed by atoms with Gasteiger partial charge in [-0.3, -0.25) is 9.13 Å². The molecule has 0 atom stereocenters. The Hall–Kier alpha value is -0.220. The highest BCUT2D eigenvalue weighted by molar-refractivity contribution is 7.55. The van der Waals surface area contributed by atoms with Gasteiger partial charge in [0, 0.05) is 5.82 Å². The van der Waals surface area contributed by atoms with Crippen molar-refractivity contribution in [2.45, 2.75) is 0 Å². The van der Waals surface area contributed by atoms with Crippen molar-refractivity contribution in [3.05, 3.63) is 24.5 Å². The summed E-state index contributed by atoms with van der Waals surface area (Å²) in [7, 11) is -7.06. The fourth-order valence-electron chi connectivity index (χ4n) is 0.173. The number of hydrogen-bond donors (Lipinski definition) is 4. The minimum Gasteiger partial charge on any atom is -0.326 e. The zero-order chi connectivity index (χ0) is 10.2. The van der Waals surface area contributed by atoms with Crippen molar-refractivity contribution in [1.29, 1.82) is 0 Å². The van der Waals surface area contributed by atoms with Gasteiger partial charge in [-0.05, 0) is 0 Å². The second-order valence-electron chi connectivity index (χ2n) is 1.45. The molecule has 0 radical (unpaired) electrons. The van der Waals surface area contributed by atoms with Gasteiger partial charge in [-0.15, -0.1) is 0 Å². The second kappa shape index (κ2) is 7.43. The Bertz CT molecular complexity index is 212. The van der Waals surface area contributed by atoms with Crippen molar-refractivity contribution in [3.8, 4) is 0 Å². The van der Waals surface area contributed by atoms with Gasteiger partial charge in [0.2, 0.25) is 0 Å². The van der Waals surface area contributed by atoms with E-state index in [1.807, 2.05) is 0 Å². The highest BCUT2D eigenvalue weighted by atomic mass is 31.2. The van der Waals surface area contributed by atoms with Crippen molar-refractivity contribution >= 4 is 15.9 Å². The van der Waals surface area contributed by atoms with Gasteiger partial charge in [-0.25, -0.2) is 0 Å². The molecule has 0 saturated carbocycles. The summed E-state index contributed by atoms with van der Waals surface area (Å²) in [4.78, 5) is 30.6. The number of allylic oxidation sites excluding steroid dienone is 2. The lowest BCUT2D eigenvalue weighted by atomic mass is 10.6. The Balaban J connectivity index is 0. The van der Waals surface area contributed by atoms with Crippen LogP contribution in [0.4, 0.5) is 0 Å². The maximum absolute atomic E-state index is 9.95. The van der Waals surface area contributed by atoms with Crippen molar-refractivity contribution < 1.29 is 28.7 Å². The Morgan fingerprint density at radius 1 is 1.33 bits per heavy atom. The second-order valence-corrected chi connectivity index (χ2v) is 3.49. The highest BCUT2D eigenvalue weighted by Gasteiger charge is 2.02. The summed E-state index contributed by atoms with van der Waals surface area (Å²) in [5.74, 6) is 0.792. The van der Waals surface area contributed by atoms with E-state index in [-0.39, 0.29) is 0 Å². The summed E-state index contributed by atoms with van der Waals surface area (Å²) in [5, 5.41) is 0. The van der Waals surface area contributed by atoms with Crippen LogP contribution >= 0.6 is 15.9 Å². The largest absolute Gasteiger partial charge is 0.349 e. The van der Waals surface area contributed by atoms with Crippen molar-refractivity contribution in [2.75, 3.05) is 0 Å². The molecule has 0 rings (SSSR count). The first-order valence-corrected chi connectivity index (χ1v) is 5.55. The lowest BCUT2D eigenvalue weighted by Gasteiger charge is -1.89. The maximum Gasteiger partial charge on any atom is 0.349 e. The summed E-state index contributed by atoms with van der Waals surface area (Å²) in [6.45, 7) is 3.23. The molecule has 0 aromatic carbocycles. The van der Waals surface area contributed by atoms with Crippen LogP contribution in [0.3, 0.4) is 0 Å². The molecule has 0 fully saturated rings. The van der Waals surface area contributed by atoms with Crippen LogP contribution in [-0.2, 0) is 9.13 Å². The Kier molecular flexibility index (Phi) is 8.86. The Labute approximate surface area is 70.0 Å². The average molecular weight is 216 g/mol. The van der Waals surface area contributed by atoms with Gasteiger partial charge >= 0.3 is 15.9 Å². The van der Waals surface area contributed by atoms with E-state index in [0.29, 0.717) is 0 Å². The predicted molar refractivity (Wildman–Crippen MR) is 44.8 cm³/mol. The Morgan fingerprint density at radius 3 is 1.75 bits per heavy atom. The quantitative estimate of drug-likeness (QED) is 0.387. The molecular formula is C4H10O6P2. The van der Waals surface area contributed by atoms with Gasteiger partial charge in [-0.2, -0.15) is 0 Å². The molecule has 0 aliphatic heterocycles. The minimum absolute atomic E-state index is 0.792. The molecule has 0 spiro atoms. The van der Waals surface area contributed by atoms with Gasteiger partial charge in [-0.1, -0.05) is 18.7 Å². The summed E-state index contributed by atoms with van der Waals surface area (Å²) in [6, 6.07) is 0. The van der Waals surface area contributed by atoms with Gasteiger partial charge in [0.25, 0.3) is 0 Å². The molecule has 0 amide bonds. The van der Waals surface area contributed by atoms with Crippen LogP contribution in [0.25, 0.3) is 0 Å². The first-order valence-electron chi connectivity index (χ1n) is 2.57. The lowest BCUT2D eigenvalue weighted by molar-refractivity contribution is 0.386. The summed E-state index contributed by atoms with van der Waals surface area (Å²) in [6.07, 6.45) is 2.51. The molecule has 0 unspecified atom stereocenters. The molecule has 72 valence electrons.